The molecular weight excluding hydrogens is 321 g/mol. The van der Waals surface area contributed by atoms with Gasteiger partial charge in [-0.25, -0.2) is 0 Å². The van der Waals surface area contributed by atoms with E-state index in [2.05, 4.69) is 10.4 Å². The molecule has 0 saturated heterocycles. The second-order valence-electron chi connectivity index (χ2n) is 4.78. The number of carbonyl (C=O) groups excluding carboxylic acids is 1. The molecule has 0 spiro atoms. The van der Waals surface area contributed by atoms with Crippen molar-refractivity contribution in [2.75, 3.05) is 5.32 Å². The number of hydrogen-bond donors (Lipinski definition) is 1. The highest BCUT2D eigenvalue weighted by Gasteiger charge is 2.12. The van der Waals surface area contributed by atoms with Crippen LogP contribution < -0.4 is 10.00 Å². The summed E-state index contributed by atoms with van der Waals surface area (Å²) in [6.07, 6.45) is 3.57. The topological polar surface area (TPSA) is 45.9 Å². The Kier molecular flexibility index (Phi) is 4.22. The van der Waals surface area contributed by atoms with E-state index in [-0.39, 0.29) is 12.5 Å². The van der Waals surface area contributed by atoms with Gasteiger partial charge in [0.15, 0.2) is 0 Å². The Morgan fingerprint density at radius 1 is 1.09 bits per heavy atom. The van der Waals surface area contributed by atoms with Crippen LogP contribution in [0.25, 0.3) is 10.8 Å². The van der Waals surface area contributed by atoms with Crippen molar-refractivity contribution >= 4 is 45.6 Å². The molecule has 0 aliphatic heterocycles. The molecule has 22 heavy (non-hydrogen) atoms. The minimum atomic E-state index is -0.189. The number of fused-ring (bicyclic) bond motifs is 1. The summed E-state index contributed by atoms with van der Waals surface area (Å²) < 4.78 is 1.59. The van der Waals surface area contributed by atoms with E-state index in [4.69, 9.17) is 23.2 Å². The number of halogens is 2. The zero-order valence-electron chi connectivity index (χ0n) is 11.5. The number of rotatable bonds is 3. The maximum Gasteiger partial charge on any atom is 0.292 e. The fourth-order valence-electron chi connectivity index (χ4n) is 2.08. The van der Waals surface area contributed by atoms with E-state index >= 15 is 0 Å². The van der Waals surface area contributed by atoms with Crippen molar-refractivity contribution in [2.24, 2.45) is 0 Å². The summed E-state index contributed by atoms with van der Waals surface area (Å²) in [6, 6.07) is 12.8. The number of carbonyl (C=O) groups is 1. The summed E-state index contributed by atoms with van der Waals surface area (Å²) in [5.41, 5.74) is 0.598. The van der Waals surface area contributed by atoms with E-state index in [1.165, 1.54) is 0 Å². The summed E-state index contributed by atoms with van der Waals surface area (Å²) >= 11 is 11.8. The van der Waals surface area contributed by atoms with E-state index in [0.29, 0.717) is 15.7 Å². The SMILES string of the molecule is O=C(C[n+]1cc2ccccc2cn1)Nc1ccc(Cl)c(Cl)c1. The van der Waals surface area contributed by atoms with Crippen LogP contribution in [0.5, 0.6) is 0 Å². The van der Waals surface area contributed by atoms with E-state index in [0.717, 1.165) is 10.8 Å². The van der Waals surface area contributed by atoms with E-state index < -0.39 is 0 Å². The molecule has 0 fully saturated rings. The molecule has 1 amide bonds. The van der Waals surface area contributed by atoms with Gasteiger partial charge in [0.05, 0.1) is 10.0 Å². The highest BCUT2D eigenvalue weighted by Crippen LogP contribution is 2.24. The smallest absolute Gasteiger partial charge is 0.292 e. The lowest BCUT2D eigenvalue weighted by Gasteiger charge is -2.04. The van der Waals surface area contributed by atoms with Gasteiger partial charge in [-0.3, -0.25) is 4.79 Å². The minimum Gasteiger partial charge on any atom is -0.320 e. The first-order valence-corrected chi connectivity index (χ1v) is 7.37. The number of amides is 1. The third kappa shape index (κ3) is 3.35. The molecule has 0 atom stereocenters. The molecule has 6 heteroatoms. The van der Waals surface area contributed by atoms with Crippen LogP contribution in [-0.4, -0.2) is 11.0 Å². The van der Waals surface area contributed by atoms with E-state index in [1.54, 1.807) is 29.1 Å². The van der Waals surface area contributed by atoms with Gasteiger partial charge in [-0.05, 0) is 29.4 Å². The lowest BCUT2D eigenvalue weighted by atomic mass is 10.2. The van der Waals surface area contributed by atoms with Gasteiger partial charge < -0.3 is 5.32 Å². The zero-order valence-corrected chi connectivity index (χ0v) is 13.0. The van der Waals surface area contributed by atoms with Crippen LogP contribution in [-0.2, 0) is 11.3 Å². The Balaban J connectivity index is 1.73. The molecule has 110 valence electrons. The molecule has 1 heterocycles. The summed E-state index contributed by atoms with van der Waals surface area (Å²) in [7, 11) is 0. The molecule has 0 unspecified atom stereocenters. The number of nitrogens with one attached hydrogen (secondary N) is 1. The van der Waals surface area contributed by atoms with Crippen molar-refractivity contribution in [2.45, 2.75) is 6.54 Å². The molecule has 3 rings (SSSR count). The van der Waals surface area contributed by atoms with Crippen molar-refractivity contribution in [1.82, 2.24) is 5.10 Å². The van der Waals surface area contributed by atoms with Crippen molar-refractivity contribution in [3.8, 4) is 0 Å². The van der Waals surface area contributed by atoms with Gasteiger partial charge in [0.25, 0.3) is 12.5 Å². The Labute approximate surface area is 137 Å². The number of anilines is 1. The van der Waals surface area contributed by atoms with Gasteiger partial charge in [-0.15, -0.1) is 0 Å². The molecule has 0 aliphatic rings. The van der Waals surface area contributed by atoms with Gasteiger partial charge in [0, 0.05) is 16.5 Å². The van der Waals surface area contributed by atoms with Gasteiger partial charge in [-0.2, -0.15) is 0 Å². The van der Waals surface area contributed by atoms with Crippen molar-refractivity contribution < 1.29 is 9.48 Å². The van der Waals surface area contributed by atoms with Crippen molar-refractivity contribution in [1.29, 1.82) is 0 Å². The van der Waals surface area contributed by atoms with E-state index in [1.807, 2.05) is 30.5 Å². The number of aromatic nitrogens is 2. The predicted octanol–water partition coefficient (Wildman–Crippen LogP) is 3.47. The molecule has 1 N–H and O–H groups in total. The Morgan fingerprint density at radius 3 is 2.64 bits per heavy atom. The van der Waals surface area contributed by atoms with Crippen LogP contribution in [0, 0.1) is 0 Å². The van der Waals surface area contributed by atoms with Gasteiger partial charge in [-0.1, -0.05) is 46.1 Å². The molecule has 1 aromatic heterocycles. The maximum atomic E-state index is 12.1. The van der Waals surface area contributed by atoms with Gasteiger partial charge in [0.2, 0.25) is 6.20 Å². The molecule has 2 aromatic carbocycles. The number of benzene rings is 2. The second-order valence-corrected chi connectivity index (χ2v) is 5.59. The minimum absolute atomic E-state index is 0.116. The van der Waals surface area contributed by atoms with E-state index in [9.17, 15) is 4.79 Å². The molecule has 0 saturated carbocycles. The average Bonchev–Trinajstić information content (AvgIpc) is 2.51. The fraction of sp³-hybridized carbons (Fsp3) is 0.0625. The highest BCUT2D eigenvalue weighted by atomic mass is 35.5. The van der Waals surface area contributed by atoms with Crippen molar-refractivity contribution in [3.63, 3.8) is 0 Å². The summed E-state index contributed by atoms with van der Waals surface area (Å²) in [5, 5.41) is 9.90. The predicted molar refractivity (Wildman–Crippen MR) is 87.0 cm³/mol. The normalized spacial score (nSPS) is 10.6. The first-order chi connectivity index (χ1) is 10.6. The molecule has 0 bridgehead atoms. The molecule has 0 aliphatic carbocycles. The monoisotopic (exact) mass is 332 g/mol. The maximum absolute atomic E-state index is 12.1. The Hall–Kier alpha value is -2.17. The fourth-order valence-corrected chi connectivity index (χ4v) is 2.38. The van der Waals surface area contributed by atoms with Crippen LogP contribution >= 0.6 is 23.2 Å². The van der Waals surface area contributed by atoms with Crippen molar-refractivity contribution in [3.05, 3.63) is 64.9 Å². The average molecular weight is 333 g/mol. The first kappa shape index (κ1) is 14.8. The summed E-state index contributed by atoms with van der Waals surface area (Å²) in [6.45, 7) is 0.116. The van der Waals surface area contributed by atoms with Crippen LogP contribution in [0.4, 0.5) is 5.69 Å². The summed E-state index contributed by atoms with van der Waals surface area (Å²) in [5.74, 6) is -0.189. The van der Waals surface area contributed by atoms with Crippen LogP contribution in [0.1, 0.15) is 0 Å². The largest absolute Gasteiger partial charge is 0.320 e. The standard InChI is InChI=1S/C16H11Cl2N3O/c17-14-6-5-13(7-15(14)18)20-16(22)10-21-9-12-4-2-1-3-11(12)8-19-21/h1-9H,10H2/p+1. The Morgan fingerprint density at radius 2 is 1.86 bits per heavy atom. The van der Waals surface area contributed by atoms with Gasteiger partial charge in [0.1, 0.15) is 6.20 Å². The second kappa shape index (κ2) is 6.30. The molecule has 0 radical (unpaired) electrons. The Bertz CT molecular complexity index is 852. The third-order valence-electron chi connectivity index (χ3n) is 3.14. The molecule has 3 aromatic rings. The first-order valence-electron chi connectivity index (χ1n) is 6.61. The number of nitrogens with zero attached hydrogens (tertiary/aromatic N) is 2. The quantitative estimate of drug-likeness (QED) is 0.746. The van der Waals surface area contributed by atoms with Crippen LogP contribution in [0.2, 0.25) is 10.0 Å². The lowest BCUT2D eigenvalue weighted by molar-refractivity contribution is -0.740. The molecular formula is C16H12Cl2N3O+. The lowest BCUT2D eigenvalue weighted by Crippen LogP contribution is -2.43. The zero-order chi connectivity index (χ0) is 15.5. The van der Waals surface area contributed by atoms with Crippen LogP contribution in [0.3, 0.4) is 0 Å². The summed E-state index contributed by atoms with van der Waals surface area (Å²) in [4.78, 5) is 12.1. The number of hydrogen-bond acceptors (Lipinski definition) is 2. The van der Waals surface area contributed by atoms with Gasteiger partial charge >= 0.3 is 0 Å². The van der Waals surface area contributed by atoms with Crippen LogP contribution in [0.15, 0.2) is 54.9 Å². The third-order valence-corrected chi connectivity index (χ3v) is 3.88. The molecule has 4 nitrogen and oxygen atoms in total. The highest BCUT2D eigenvalue weighted by molar-refractivity contribution is 6.42.